The molecule has 2 N–H and O–H groups in total. The molecule has 0 spiro atoms. The molecule has 2 aliphatic rings. The maximum atomic E-state index is 15.0. The fourth-order valence-electron chi connectivity index (χ4n) is 5.59. The molecule has 5 aromatic rings. The number of nitrogens with one attached hydrogen (secondary N) is 1. The highest BCUT2D eigenvalue weighted by molar-refractivity contribution is 7.18. The molecule has 1 saturated heterocycles. The molecule has 1 saturated carbocycles. The van der Waals surface area contributed by atoms with Crippen LogP contribution in [0.5, 0.6) is 0 Å². The Morgan fingerprint density at radius 2 is 1.81 bits per heavy atom. The van der Waals surface area contributed by atoms with Gasteiger partial charge in [0.1, 0.15) is 16.6 Å². The predicted molar refractivity (Wildman–Crippen MR) is 163 cm³/mol. The molecule has 1 aliphatic carbocycles. The lowest BCUT2D eigenvalue weighted by molar-refractivity contribution is 0.0697. The quantitative estimate of drug-likeness (QED) is 0.220. The molecule has 1 aliphatic heterocycles. The molecule has 214 valence electrons. The molecule has 3 aromatic carbocycles. The van der Waals surface area contributed by atoms with Crippen LogP contribution in [0.2, 0.25) is 0 Å². The maximum absolute atomic E-state index is 15.0. The van der Waals surface area contributed by atoms with Crippen LogP contribution >= 0.6 is 11.3 Å². The minimum absolute atomic E-state index is 0.225. The van der Waals surface area contributed by atoms with Gasteiger partial charge in [-0.05, 0) is 55.8 Å². The number of benzene rings is 3. The van der Waals surface area contributed by atoms with Gasteiger partial charge in [0.2, 0.25) is 5.13 Å². The van der Waals surface area contributed by atoms with Gasteiger partial charge in [-0.2, -0.15) is 0 Å². The highest BCUT2D eigenvalue weighted by atomic mass is 32.1. The number of hydrogen-bond donors (Lipinski definition) is 2. The van der Waals surface area contributed by atoms with Crippen LogP contribution in [0.15, 0.2) is 60.7 Å². The van der Waals surface area contributed by atoms with E-state index in [2.05, 4.69) is 42.9 Å². The van der Waals surface area contributed by atoms with Crippen LogP contribution in [0, 0.1) is 5.82 Å². The van der Waals surface area contributed by atoms with Crippen LogP contribution in [0.4, 0.5) is 20.9 Å². The molecule has 3 heterocycles. The number of piperazine rings is 1. The van der Waals surface area contributed by atoms with E-state index in [9.17, 15) is 14.3 Å². The van der Waals surface area contributed by atoms with Gasteiger partial charge in [-0.1, -0.05) is 42.5 Å². The van der Waals surface area contributed by atoms with Crippen molar-refractivity contribution in [1.82, 2.24) is 24.6 Å². The van der Waals surface area contributed by atoms with Crippen LogP contribution in [0.1, 0.15) is 36.2 Å². The summed E-state index contributed by atoms with van der Waals surface area (Å²) in [5.41, 5.74) is 5.27. The lowest BCUT2D eigenvalue weighted by Gasteiger charge is -2.36. The number of rotatable bonds is 8. The first kappa shape index (κ1) is 26.5. The summed E-state index contributed by atoms with van der Waals surface area (Å²) in [4.78, 5) is 21.1. The zero-order chi connectivity index (χ0) is 28.8. The van der Waals surface area contributed by atoms with Crippen LogP contribution in [0.3, 0.4) is 0 Å². The minimum atomic E-state index is -0.967. The average Bonchev–Trinajstić information content (AvgIpc) is 3.63. The van der Waals surface area contributed by atoms with E-state index in [4.69, 9.17) is 4.98 Å². The first-order chi connectivity index (χ1) is 20.5. The number of carboxylic acids is 1. The largest absolute Gasteiger partial charge is 0.478 e. The summed E-state index contributed by atoms with van der Waals surface area (Å²) in [6, 6.07) is 18.0. The lowest BCUT2D eigenvalue weighted by Crippen LogP contribution is -2.46. The summed E-state index contributed by atoms with van der Waals surface area (Å²) < 4.78 is 17.2. The molecule has 7 rings (SSSR count). The number of likely N-dealkylation sites (N-methyl/N-ethyl adjacent to an activating group) is 1. The van der Waals surface area contributed by atoms with Crippen LogP contribution in [-0.2, 0) is 0 Å². The van der Waals surface area contributed by atoms with Gasteiger partial charge in [-0.15, -0.1) is 10.2 Å². The van der Waals surface area contributed by atoms with Gasteiger partial charge in [-0.3, -0.25) is 0 Å². The topological polar surface area (TPSA) is 99.4 Å². The Balaban J connectivity index is 1.29. The van der Waals surface area contributed by atoms with Gasteiger partial charge in [0.25, 0.3) is 0 Å². The Kier molecular flexibility index (Phi) is 6.83. The molecular weight excluding hydrogens is 553 g/mol. The van der Waals surface area contributed by atoms with Crippen LogP contribution in [-0.4, -0.2) is 68.4 Å². The van der Waals surface area contributed by atoms with Gasteiger partial charge >= 0.3 is 5.97 Å². The number of halogens is 1. The van der Waals surface area contributed by atoms with Crippen molar-refractivity contribution in [2.45, 2.75) is 25.8 Å². The third kappa shape index (κ3) is 4.99. The number of aromatic nitrogens is 4. The molecule has 0 amide bonds. The van der Waals surface area contributed by atoms with E-state index in [1.807, 2.05) is 12.1 Å². The predicted octanol–water partition coefficient (Wildman–Crippen LogP) is 6.28. The van der Waals surface area contributed by atoms with Crippen molar-refractivity contribution in [2.24, 2.45) is 0 Å². The first-order valence-electron chi connectivity index (χ1n) is 14.2. The molecule has 0 atom stereocenters. The number of anilines is 3. The number of carbonyl (C=O) groups is 1. The van der Waals surface area contributed by atoms with Crippen molar-refractivity contribution in [3.63, 3.8) is 0 Å². The molecule has 0 bridgehead atoms. The summed E-state index contributed by atoms with van der Waals surface area (Å²) in [6.45, 7) is 6.96. The molecule has 11 heteroatoms. The second-order valence-corrected chi connectivity index (χ2v) is 11.7. The Bertz CT molecular complexity index is 1770. The van der Waals surface area contributed by atoms with Gasteiger partial charge in [-0.25, -0.2) is 14.2 Å². The fraction of sp³-hybridized carbons (Fsp3) is 0.290. The number of aromatic carboxylic acids is 1. The van der Waals surface area contributed by atoms with Crippen molar-refractivity contribution in [1.29, 1.82) is 0 Å². The Labute approximate surface area is 246 Å². The number of hydrogen-bond acceptors (Lipinski definition) is 8. The van der Waals surface area contributed by atoms with Crippen molar-refractivity contribution >= 4 is 44.8 Å². The molecule has 2 fully saturated rings. The van der Waals surface area contributed by atoms with Crippen molar-refractivity contribution in [2.75, 3.05) is 42.9 Å². The van der Waals surface area contributed by atoms with Crippen molar-refractivity contribution < 1.29 is 14.3 Å². The van der Waals surface area contributed by atoms with Crippen LogP contribution in [0.25, 0.3) is 33.0 Å². The van der Waals surface area contributed by atoms with E-state index in [-0.39, 0.29) is 11.4 Å². The SMILES string of the molecule is CCN1CCN(c2cc3c(cc2Nc2nnc(-c4ccc(C(=O)O)cc4)s2)nc(-c2ccccc2F)n3C2CC2)CC1. The number of fused-ring (bicyclic) bond motifs is 1. The molecule has 0 radical (unpaired) electrons. The van der Waals surface area contributed by atoms with E-state index in [0.717, 1.165) is 73.5 Å². The maximum Gasteiger partial charge on any atom is 0.335 e. The molecule has 2 aromatic heterocycles. The van der Waals surface area contributed by atoms with Gasteiger partial charge in [0.05, 0.1) is 33.5 Å². The van der Waals surface area contributed by atoms with Crippen LogP contribution < -0.4 is 10.2 Å². The van der Waals surface area contributed by atoms with Gasteiger partial charge in [0.15, 0.2) is 0 Å². The van der Waals surface area contributed by atoms with E-state index < -0.39 is 5.97 Å². The highest BCUT2D eigenvalue weighted by Crippen LogP contribution is 2.44. The molecular formula is C31H30FN7O2S. The van der Waals surface area contributed by atoms with E-state index in [1.54, 1.807) is 36.4 Å². The van der Waals surface area contributed by atoms with E-state index in [0.29, 0.717) is 27.6 Å². The Morgan fingerprint density at radius 1 is 1.05 bits per heavy atom. The summed E-state index contributed by atoms with van der Waals surface area (Å²) in [6.07, 6.45) is 2.11. The third-order valence-corrected chi connectivity index (χ3v) is 8.93. The smallest absolute Gasteiger partial charge is 0.335 e. The Morgan fingerprint density at radius 3 is 2.50 bits per heavy atom. The second kappa shape index (κ2) is 10.8. The fourth-order valence-corrected chi connectivity index (χ4v) is 6.35. The minimum Gasteiger partial charge on any atom is -0.478 e. The summed E-state index contributed by atoms with van der Waals surface area (Å²) in [5.74, 6) is -0.583. The number of nitrogens with zero attached hydrogens (tertiary/aromatic N) is 6. The standard InChI is InChI=1S/C31H30FN7O2S/c1-2-37-13-15-38(16-14-37)26-18-27-25(33-28(39(27)21-11-12-21)22-5-3-4-6-23(22)32)17-24(26)34-31-36-35-29(42-31)19-7-9-20(10-8-19)30(40)41/h3-10,17-18,21H,2,11-16H2,1H3,(H,34,36)(H,40,41). The molecule has 9 nitrogen and oxygen atoms in total. The normalized spacial score (nSPS) is 15.8. The lowest BCUT2D eigenvalue weighted by atomic mass is 10.1. The number of carboxylic acid groups (broad SMARTS) is 1. The zero-order valence-electron chi connectivity index (χ0n) is 23.1. The number of imidazole rings is 1. The highest BCUT2D eigenvalue weighted by Gasteiger charge is 2.31. The van der Waals surface area contributed by atoms with E-state index in [1.165, 1.54) is 17.4 Å². The Hall–Kier alpha value is -4.35. The molecule has 0 unspecified atom stereocenters. The molecule has 42 heavy (non-hydrogen) atoms. The van der Waals surface area contributed by atoms with Gasteiger partial charge < -0.3 is 24.8 Å². The monoisotopic (exact) mass is 583 g/mol. The van der Waals surface area contributed by atoms with Gasteiger partial charge in [0, 0.05) is 37.8 Å². The average molecular weight is 584 g/mol. The van der Waals surface area contributed by atoms with Crippen molar-refractivity contribution in [3.05, 3.63) is 72.0 Å². The summed E-state index contributed by atoms with van der Waals surface area (Å²) >= 11 is 1.40. The zero-order valence-corrected chi connectivity index (χ0v) is 23.9. The van der Waals surface area contributed by atoms with Crippen molar-refractivity contribution in [3.8, 4) is 22.0 Å². The second-order valence-electron chi connectivity index (χ2n) is 10.7. The first-order valence-corrected chi connectivity index (χ1v) is 15.0. The van der Waals surface area contributed by atoms with E-state index >= 15 is 0 Å². The summed E-state index contributed by atoms with van der Waals surface area (Å²) in [5, 5.41) is 22.8. The third-order valence-electron chi connectivity index (χ3n) is 8.04. The summed E-state index contributed by atoms with van der Waals surface area (Å²) in [7, 11) is 0.